The molecule has 30 heavy (non-hydrogen) atoms. The first kappa shape index (κ1) is 29.9. The van der Waals surface area contributed by atoms with Gasteiger partial charge >= 0.3 is 0 Å². The molecule has 0 unspecified atom stereocenters. The van der Waals surface area contributed by atoms with E-state index in [4.69, 9.17) is 32.8 Å². The van der Waals surface area contributed by atoms with Crippen molar-refractivity contribution in [2.24, 2.45) is 0 Å². The number of rotatable bonds is 25. The largest absolute Gasteiger partial charge is 0.415 e. The van der Waals surface area contributed by atoms with Crippen molar-refractivity contribution in [3.63, 3.8) is 0 Å². The highest BCUT2D eigenvalue weighted by Crippen LogP contribution is 2.02. The van der Waals surface area contributed by atoms with E-state index in [1.165, 1.54) is 25.7 Å². The fourth-order valence-electron chi connectivity index (χ4n) is 2.42. The Morgan fingerprint density at radius 1 is 0.400 bits per heavy atom. The lowest BCUT2D eigenvalue weighted by Crippen LogP contribution is -2.27. The fourth-order valence-corrected chi connectivity index (χ4v) is 3.11. The van der Waals surface area contributed by atoms with Gasteiger partial charge in [-0.25, -0.2) is 0 Å². The van der Waals surface area contributed by atoms with E-state index in [9.17, 15) is 0 Å². The van der Waals surface area contributed by atoms with Crippen molar-refractivity contribution in [2.45, 2.75) is 58.7 Å². The lowest BCUT2D eigenvalue weighted by molar-refractivity contribution is -0.0180. The minimum atomic E-state index is -1.43. The molecule has 0 aromatic heterocycles. The zero-order valence-corrected chi connectivity index (χ0v) is 21.1. The molecule has 0 radical (unpaired) electrons. The van der Waals surface area contributed by atoms with Gasteiger partial charge in [-0.2, -0.15) is 0 Å². The van der Waals surface area contributed by atoms with Crippen molar-refractivity contribution < 1.29 is 32.8 Å². The summed E-state index contributed by atoms with van der Waals surface area (Å²) in [5.41, 5.74) is 0. The SMILES string of the molecule is CCCCCCCOCCOCCOCCOCCOCCOCCO[Si](C)(C)C. The van der Waals surface area contributed by atoms with Crippen molar-refractivity contribution in [3.05, 3.63) is 0 Å². The first-order chi connectivity index (χ1) is 14.6. The molecule has 7 nitrogen and oxygen atoms in total. The van der Waals surface area contributed by atoms with Gasteiger partial charge in [-0.1, -0.05) is 32.6 Å². The summed E-state index contributed by atoms with van der Waals surface area (Å²) in [5, 5.41) is 0. The van der Waals surface area contributed by atoms with Crippen molar-refractivity contribution in [2.75, 3.05) is 85.9 Å². The Bertz CT molecular complexity index is 327. The van der Waals surface area contributed by atoms with Crippen LogP contribution in [-0.2, 0) is 32.8 Å². The van der Waals surface area contributed by atoms with E-state index in [-0.39, 0.29) is 0 Å². The van der Waals surface area contributed by atoms with Crippen LogP contribution in [0, 0.1) is 0 Å². The Morgan fingerprint density at radius 3 is 1.10 bits per heavy atom. The van der Waals surface area contributed by atoms with Crippen LogP contribution >= 0.6 is 0 Å². The second kappa shape index (κ2) is 23.6. The Balaban J connectivity index is 3.02. The van der Waals surface area contributed by atoms with Gasteiger partial charge in [0.1, 0.15) is 0 Å². The van der Waals surface area contributed by atoms with E-state index in [0.717, 1.165) is 13.0 Å². The van der Waals surface area contributed by atoms with Crippen LogP contribution in [0.1, 0.15) is 39.0 Å². The van der Waals surface area contributed by atoms with E-state index in [0.29, 0.717) is 79.3 Å². The molecule has 0 atom stereocenters. The normalized spacial score (nSPS) is 12.0. The van der Waals surface area contributed by atoms with Gasteiger partial charge in [0, 0.05) is 6.61 Å². The minimum absolute atomic E-state index is 0.564. The van der Waals surface area contributed by atoms with Gasteiger partial charge < -0.3 is 32.8 Å². The standard InChI is InChI=1S/C22H48O7Si/c1-5-6-7-8-9-10-23-11-12-24-13-14-25-15-16-26-17-18-27-19-20-28-21-22-29-30(2,3)4/h5-22H2,1-4H3. The van der Waals surface area contributed by atoms with Crippen LogP contribution in [0.25, 0.3) is 0 Å². The Hall–Kier alpha value is -0.0631. The van der Waals surface area contributed by atoms with Crippen molar-refractivity contribution in [1.29, 1.82) is 0 Å². The zero-order chi connectivity index (χ0) is 22.2. The third kappa shape index (κ3) is 27.9. The van der Waals surface area contributed by atoms with Crippen LogP contribution in [0.4, 0.5) is 0 Å². The fraction of sp³-hybridized carbons (Fsp3) is 1.00. The highest BCUT2D eigenvalue weighted by molar-refractivity contribution is 6.69. The summed E-state index contributed by atoms with van der Waals surface area (Å²) in [5.74, 6) is 0. The molecule has 0 N–H and O–H groups in total. The average molecular weight is 453 g/mol. The monoisotopic (exact) mass is 452 g/mol. The highest BCUT2D eigenvalue weighted by atomic mass is 28.4. The van der Waals surface area contributed by atoms with Crippen LogP contribution in [0.15, 0.2) is 0 Å². The van der Waals surface area contributed by atoms with E-state index in [2.05, 4.69) is 26.6 Å². The third-order valence-electron chi connectivity index (χ3n) is 4.02. The highest BCUT2D eigenvalue weighted by Gasteiger charge is 2.12. The van der Waals surface area contributed by atoms with Crippen molar-refractivity contribution >= 4 is 8.32 Å². The van der Waals surface area contributed by atoms with Crippen LogP contribution < -0.4 is 0 Å². The van der Waals surface area contributed by atoms with Gasteiger partial charge in [-0.15, -0.1) is 0 Å². The van der Waals surface area contributed by atoms with Crippen LogP contribution in [-0.4, -0.2) is 94.2 Å². The molecule has 0 aliphatic carbocycles. The molecule has 0 heterocycles. The smallest absolute Gasteiger partial charge is 0.183 e. The molecule has 0 amide bonds. The summed E-state index contributed by atoms with van der Waals surface area (Å²) in [6, 6.07) is 0. The molecule has 0 saturated carbocycles. The molecular formula is C22H48O7Si. The summed E-state index contributed by atoms with van der Waals surface area (Å²) in [4.78, 5) is 0. The summed E-state index contributed by atoms with van der Waals surface area (Å²) >= 11 is 0. The maximum Gasteiger partial charge on any atom is 0.183 e. The van der Waals surface area contributed by atoms with Gasteiger partial charge in [0.2, 0.25) is 0 Å². The van der Waals surface area contributed by atoms with Gasteiger partial charge in [-0.05, 0) is 26.1 Å². The molecule has 0 aliphatic rings. The molecule has 0 spiro atoms. The second-order valence-corrected chi connectivity index (χ2v) is 12.6. The molecule has 0 rings (SSSR count). The molecular weight excluding hydrogens is 404 g/mol. The molecule has 8 heteroatoms. The van der Waals surface area contributed by atoms with Crippen LogP contribution in [0.5, 0.6) is 0 Å². The summed E-state index contributed by atoms with van der Waals surface area (Å²) in [6.45, 7) is 16.7. The molecule has 0 bridgehead atoms. The lowest BCUT2D eigenvalue weighted by Gasteiger charge is -2.16. The quantitative estimate of drug-likeness (QED) is 0.154. The first-order valence-electron chi connectivity index (χ1n) is 11.7. The predicted molar refractivity (Wildman–Crippen MR) is 123 cm³/mol. The molecule has 0 saturated heterocycles. The van der Waals surface area contributed by atoms with Gasteiger partial charge in [-0.3, -0.25) is 0 Å². The first-order valence-corrected chi connectivity index (χ1v) is 15.1. The molecule has 0 aliphatic heterocycles. The number of ether oxygens (including phenoxy) is 6. The van der Waals surface area contributed by atoms with Crippen molar-refractivity contribution in [1.82, 2.24) is 0 Å². The maximum absolute atomic E-state index is 5.70. The van der Waals surface area contributed by atoms with Crippen LogP contribution in [0.3, 0.4) is 0 Å². The summed E-state index contributed by atoms with van der Waals surface area (Å²) < 4.78 is 38.5. The molecule has 0 aromatic carbocycles. The van der Waals surface area contributed by atoms with E-state index < -0.39 is 8.32 Å². The molecule has 0 fully saturated rings. The minimum Gasteiger partial charge on any atom is -0.415 e. The predicted octanol–water partition coefficient (Wildman–Crippen LogP) is 3.91. The zero-order valence-electron chi connectivity index (χ0n) is 20.1. The van der Waals surface area contributed by atoms with E-state index in [1.54, 1.807) is 0 Å². The summed E-state index contributed by atoms with van der Waals surface area (Å²) in [7, 11) is -1.43. The Kier molecular flexibility index (Phi) is 23.5. The second-order valence-electron chi connectivity index (χ2n) is 8.05. The van der Waals surface area contributed by atoms with Crippen molar-refractivity contribution in [3.8, 4) is 0 Å². The van der Waals surface area contributed by atoms with Gasteiger partial charge in [0.25, 0.3) is 0 Å². The average Bonchev–Trinajstić information content (AvgIpc) is 2.70. The van der Waals surface area contributed by atoms with Crippen LogP contribution in [0.2, 0.25) is 19.6 Å². The van der Waals surface area contributed by atoms with Gasteiger partial charge in [0.15, 0.2) is 8.32 Å². The molecule has 182 valence electrons. The number of hydrogen-bond donors (Lipinski definition) is 0. The lowest BCUT2D eigenvalue weighted by atomic mass is 10.2. The number of unbranched alkanes of at least 4 members (excludes halogenated alkanes) is 4. The third-order valence-corrected chi connectivity index (χ3v) is 5.09. The van der Waals surface area contributed by atoms with E-state index >= 15 is 0 Å². The topological polar surface area (TPSA) is 64.6 Å². The Labute approximate surface area is 186 Å². The summed E-state index contributed by atoms with van der Waals surface area (Å²) in [6.07, 6.45) is 6.33. The maximum atomic E-state index is 5.70. The number of hydrogen-bond acceptors (Lipinski definition) is 7. The molecule has 0 aromatic rings. The Morgan fingerprint density at radius 2 is 0.733 bits per heavy atom. The van der Waals surface area contributed by atoms with Gasteiger partial charge in [0.05, 0.1) is 79.3 Å². The van der Waals surface area contributed by atoms with E-state index in [1.807, 2.05) is 0 Å².